The third-order valence-electron chi connectivity index (χ3n) is 4.52. The number of sulfonamides is 1. The Bertz CT molecular complexity index is 919. The number of hydrogen-bond donors (Lipinski definition) is 1. The Morgan fingerprint density at radius 1 is 1.26 bits per heavy atom. The first kappa shape index (κ1) is 19.8. The Labute approximate surface area is 162 Å². The van der Waals surface area contributed by atoms with Gasteiger partial charge in [-0.05, 0) is 43.2 Å². The van der Waals surface area contributed by atoms with Gasteiger partial charge in [-0.3, -0.25) is 10.1 Å². The fourth-order valence-corrected chi connectivity index (χ4v) is 5.40. The molecule has 0 saturated carbocycles. The summed E-state index contributed by atoms with van der Waals surface area (Å²) in [5.74, 6) is 0. The molecule has 0 radical (unpaired) electrons. The number of aromatic nitrogens is 2. The number of benzene rings is 1. The van der Waals surface area contributed by atoms with Gasteiger partial charge in [0.05, 0.1) is 14.7 Å². The highest BCUT2D eigenvalue weighted by Crippen LogP contribution is 2.35. The normalized spacial score (nSPS) is 16.2. The van der Waals surface area contributed by atoms with Gasteiger partial charge in [-0.2, -0.15) is 4.31 Å². The van der Waals surface area contributed by atoms with Gasteiger partial charge in [0.15, 0.2) is 5.16 Å². The van der Waals surface area contributed by atoms with Gasteiger partial charge in [0, 0.05) is 31.0 Å². The highest BCUT2D eigenvalue weighted by Gasteiger charge is 2.28. The van der Waals surface area contributed by atoms with Gasteiger partial charge in [-0.15, -0.1) is 0 Å². The Morgan fingerprint density at radius 2 is 1.96 bits per heavy atom. The van der Waals surface area contributed by atoms with E-state index in [1.54, 1.807) is 6.20 Å². The first-order chi connectivity index (χ1) is 12.9. The van der Waals surface area contributed by atoms with E-state index >= 15 is 0 Å². The van der Waals surface area contributed by atoms with Crippen molar-refractivity contribution in [2.45, 2.75) is 54.0 Å². The average Bonchev–Trinajstić information content (AvgIpc) is 2.91. The Morgan fingerprint density at radius 3 is 2.56 bits per heavy atom. The molecular formula is C17H22N4O4S2. The Balaban J connectivity index is 1.91. The number of aryl methyl sites for hydroxylation is 1. The lowest BCUT2D eigenvalue weighted by Gasteiger charge is -2.20. The number of hydrogen-bond acceptors (Lipinski definition) is 6. The van der Waals surface area contributed by atoms with E-state index in [2.05, 4.69) is 9.97 Å². The summed E-state index contributed by atoms with van der Waals surface area (Å²) in [7, 11) is -3.73. The standard InChI is InChI=1S/C17H22N4O4S2/c1-2-13-12-18-17(19-13)26-16-8-7-14(11-15(16)21(22)23)27(24,25)20-9-5-3-4-6-10-20/h7-8,11-12H,2-6,9-10H2,1H3,(H,18,19). The lowest BCUT2D eigenvalue weighted by molar-refractivity contribution is -0.388. The summed E-state index contributed by atoms with van der Waals surface area (Å²) in [6, 6.07) is 4.09. The Hall–Kier alpha value is -1.91. The van der Waals surface area contributed by atoms with Crippen LogP contribution in [0.5, 0.6) is 0 Å². The van der Waals surface area contributed by atoms with Crippen LogP contribution in [0, 0.1) is 10.1 Å². The van der Waals surface area contributed by atoms with Crippen LogP contribution >= 0.6 is 11.8 Å². The number of nitrogens with one attached hydrogen (secondary N) is 1. The maximum Gasteiger partial charge on any atom is 0.284 e. The molecule has 3 rings (SSSR count). The Kier molecular flexibility index (Phi) is 6.18. The fourth-order valence-electron chi connectivity index (χ4n) is 2.99. The van der Waals surface area contributed by atoms with Crippen LogP contribution in [0.2, 0.25) is 0 Å². The van der Waals surface area contributed by atoms with Gasteiger partial charge < -0.3 is 4.98 Å². The summed E-state index contributed by atoms with van der Waals surface area (Å²) in [4.78, 5) is 18.6. The second kappa shape index (κ2) is 8.41. The lowest BCUT2D eigenvalue weighted by atomic mass is 10.2. The van der Waals surface area contributed by atoms with Crippen molar-refractivity contribution in [3.05, 3.63) is 40.2 Å². The van der Waals surface area contributed by atoms with Crippen molar-refractivity contribution in [3.63, 3.8) is 0 Å². The van der Waals surface area contributed by atoms with E-state index in [0.29, 0.717) is 23.1 Å². The maximum atomic E-state index is 12.9. The molecule has 0 aliphatic carbocycles. The van der Waals surface area contributed by atoms with Crippen molar-refractivity contribution in [2.75, 3.05) is 13.1 Å². The predicted molar refractivity (Wildman–Crippen MR) is 102 cm³/mol. The highest BCUT2D eigenvalue weighted by atomic mass is 32.2. The molecular weight excluding hydrogens is 388 g/mol. The van der Waals surface area contributed by atoms with Crippen molar-refractivity contribution in [3.8, 4) is 0 Å². The number of imidazole rings is 1. The first-order valence-electron chi connectivity index (χ1n) is 8.92. The minimum atomic E-state index is -3.73. The zero-order valence-corrected chi connectivity index (χ0v) is 16.7. The largest absolute Gasteiger partial charge is 0.337 e. The van der Waals surface area contributed by atoms with Crippen LogP contribution < -0.4 is 0 Å². The average molecular weight is 411 g/mol. The van der Waals surface area contributed by atoms with Crippen molar-refractivity contribution in [2.24, 2.45) is 0 Å². The molecule has 146 valence electrons. The smallest absolute Gasteiger partial charge is 0.284 e. The lowest BCUT2D eigenvalue weighted by Crippen LogP contribution is -2.31. The molecule has 0 atom stereocenters. The molecule has 1 aromatic carbocycles. The number of aromatic amines is 1. The zero-order chi connectivity index (χ0) is 19.4. The maximum absolute atomic E-state index is 12.9. The van der Waals surface area contributed by atoms with Crippen LogP contribution in [-0.2, 0) is 16.4 Å². The summed E-state index contributed by atoms with van der Waals surface area (Å²) in [5, 5.41) is 12.1. The monoisotopic (exact) mass is 410 g/mol. The van der Waals surface area contributed by atoms with Crippen molar-refractivity contribution < 1.29 is 13.3 Å². The molecule has 2 aromatic rings. The van der Waals surface area contributed by atoms with Crippen LogP contribution in [0.3, 0.4) is 0 Å². The van der Waals surface area contributed by atoms with Crippen molar-refractivity contribution >= 4 is 27.5 Å². The number of rotatable bonds is 6. The fraction of sp³-hybridized carbons (Fsp3) is 0.471. The van der Waals surface area contributed by atoms with Crippen LogP contribution in [0.25, 0.3) is 0 Å². The van der Waals surface area contributed by atoms with Crippen LogP contribution in [0.1, 0.15) is 38.3 Å². The van der Waals surface area contributed by atoms with Gasteiger partial charge in [0.1, 0.15) is 0 Å². The van der Waals surface area contributed by atoms with Crippen LogP contribution in [-0.4, -0.2) is 40.7 Å². The van der Waals surface area contributed by atoms with E-state index in [9.17, 15) is 18.5 Å². The van der Waals surface area contributed by atoms with E-state index in [0.717, 1.165) is 55.6 Å². The van der Waals surface area contributed by atoms with E-state index in [1.165, 1.54) is 16.4 Å². The van der Waals surface area contributed by atoms with Gasteiger partial charge in [0.25, 0.3) is 5.69 Å². The van der Waals surface area contributed by atoms with E-state index in [-0.39, 0.29) is 10.6 Å². The van der Waals surface area contributed by atoms with E-state index < -0.39 is 14.9 Å². The van der Waals surface area contributed by atoms with Gasteiger partial charge in [-0.1, -0.05) is 19.8 Å². The molecule has 2 heterocycles. The molecule has 0 bridgehead atoms. The molecule has 1 N–H and O–H groups in total. The molecule has 0 spiro atoms. The van der Waals surface area contributed by atoms with Crippen LogP contribution in [0.15, 0.2) is 39.3 Å². The summed E-state index contributed by atoms with van der Waals surface area (Å²) in [6.45, 7) is 2.89. The third kappa shape index (κ3) is 4.50. The predicted octanol–water partition coefficient (Wildman–Crippen LogP) is 3.60. The molecule has 1 aromatic heterocycles. The molecule has 1 aliphatic heterocycles. The molecule has 8 nitrogen and oxygen atoms in total. The SMILES string of the molecule is CCc1cnc(Sc2ccc(S(=O)(=O)N3CCCCCC3)cc2[N+](=O)[O-])[nH]1. The zero-order valence-electron chi connectivity index (χ0n) is 15.1. The molecule has 0 unspecified atom stereocenters. The first-order valence-corrected chi connectivity index (χ1v) is 11.2. The molecule has 27 heavy (non-hydrogen) atoms. The van der Waals surface area contributed by atoms with Gasteiger partial charge in [0.2, 0.25) is 10.0 Å². The van der Waals surface area contributed by atoms with E-state index in [4.69, 9.17) is 0 Å². The number of nitro groups is 1. The summed E-state index contributed by atoms with van der Waals surface area (Å²) >= 11 is 1.12. The minimum Gasteiger partial charge on any atom is -0.337 e. The van der Waals surface area contributed by atoms with Gasteiger partial charge >= 0.3 is 0 Å². The van der Waals surface area contributed by atoms with Crippen LogP contribution in [0.4, 0.5) is 5.69 Å². The number of nitro benzene ring substituents is 1. The van der Waals surface area contributed by atoms with E-state index in [1.807, 2.05) is 6.92 Å². The minimum absolute atomic E-state index is 0.0332. The number of H-pyrrole nitrogens is 1. The summed E-state index contributed by atoms with van der Waals surface area (Å²) in [5.41, 5.74) is 0.700. The quantitative estimate of drug-likeness (QED) is 0.576. The molecule has 10 heteroatoms. The third-order valence-corrected chi connectivity index (χ3v) is 7.38. The summed E-state index contributed by atoms with van der Waals surface area (Å²) in [6.07, 6.45) is 6.10. The molecule has 0 amide bonds. The molecule has 1 aliphatic rings. The van der Waals surface area contributed by atoms with Gasteiger partial charge in [-0.25, -0.2) is 13.4 Å². The second-order valence-electron chi connectivity index (χ2n) is 6.37. The molecule has 1 fully saturated rings. The second-order valence-corrected chi connectivity index (χ2v) is 9.34. The highest BCUT2D eigenvalue weighted by molar-refractivity contribution is 7.99. The topological polar surface area (TPSA) is 109 Å². The number of nitrogens with zero attached hydrogens (tertiary/aromatic N) is 3. The molecule has 1 saturated heterocycles. The van der Waals surface area contributed by atoms with Crippen molar-refractivity contribution in [1.82, 2.24) is 14.3 Å². The summed E-state index contributed by atoms with van der Waals surface area (Å²) < 4.78 is 27.2. The van der Waals surface area contributed by atoms with Crippen molar-refractivity contribution in [1.29, 1.82) is 0 Å².